The topological polar surface area (TPSA) is 58.9 Å². The quantitative estimate of drug-likeness (QED) is 0.502. The third-order valence-corrected chi connectivity index (χ3v) is 1.57. The smallest absolute Gasteiger partial charge is 0.222 e. The number of aliphatic hydroxyl groups is 2. The molecule has 2 atom stereocenters. The van der Waals surface area contributed by atoms with E-state index < -0.39 is 18.5 Å². The zero-order valence-corrected chi connectivity index (χ0v) is 9.56. The predicted molar refractivity (Wildman–Crippen MR) is 57.1 cm³/mol. The fraction of sp³-hybridized carbons (Fsp3) is 0.818. The summed E-state index contributed by atoms with van der Waals surface area (Å²) in [4.78, 5) is 0. The molecule has 4 heteroatoms. The van der Waals surface area contributed by atoms with Crippen molar-refractivity contribution >= 4 is 0 Å². The maximum atomic E-state index is 9.36. The summed E-state index contributed by atoms with van der Waals surface area (Å²) in [5.41, 5.74) is 0. The van der Waals surface area contributed by atoms with Crippen molar-refractivity contribution in [3.63, 3.8) is 0 Å². The Bertz CT molecular complexity index is 198. The van der Waals surface area contributed by atoms with Crippen LogP contribution in [0.2, 0.25) is 0 Å². The Morgan fingerprint density at radius 3 is 2.00 bits per heavy atom. The Morgan fingerprint density at radius 1 is 1.07 bits per heavy atom. The summed E-state index contributed by atoms with van der Waals surface area (Å²) in [5.74, 6) is 5.25. The lowest BCUT2D eigenvalue weighted by Gasteiger charge is -2.10. The first-order valence-electron chi connectivity index (χ1n) is 5.20. The Hall–Kier alpha value is -0.600. The van der Waals surface area contributed by atoms with Gasteiger partial charge in [0.15, 0.2) is 0 Å². The van der Waals surface area contributed by atoms with Crippen LogP contribution >= 0.6 is 0 Å². The lowest BCUT2D eigenvalue weighted by Crippen LogP contribution is -2.17. The molecular formula is C11H20O4. The first kappa shape index (κ1) is 14.4. The predicted octanol–water partition coefficient (Wildman–Crippen LogP) is 0.521. The van der Waals surface area contributed by atoms with Crippen molar-refractivity contribution in [1.29, 1.82) is 0 Å². The van der Waals surface area contributed by atoms with Gasteiger partial charge >= 0.3 is 0 Å². The third-order valence-electron chi connectivity index (χ3n) is 1.57. The molecule has 0 aliphatic carbocycles. The van der Waals surface area contributed by atoms with Crippen molar-refractivity contribution in [2.45, 2.75) is 45.7 Å². The Kier molecular flexibility index (Phi) is 8.34. The van der Waals surface area contributed by atoms with E-state index in [0.29, 0.717) is 13.2 Å². The first-order chi connectivity index (χ1) is 7.10. The van der Waals surface area contributed by atoms with Crippen LogP contribution in [-0.4, -0.2) is 41.9 Å². The molecule has 2 N–H and O–H groups in total. The first-order valence-corrected chi connectivity index (χ1v) is 5.20. The number of aliphatic hydroxyl groups excluding tert-OH is 2. The molecule has 0 bridgehead atoms. The highest BCUT2D eigenvalue weighted by Gasteiger charge is 2.06. The van der Waals surface area contributed by atoms with Crippen molar-refractivity contribution in [3.05, 3.63) is 0 Å². The largest absolute Gasteiger partial charge is 0.393 e. The molecule has 15 heavy (non-hydrogen) atoms. The minimum Gasteiger partial charge on any atom is -0.393 e. The van der Waals surface area contributed by atoms with Crippen LogP contribution in [0.4, 0.5) is 0 Å². The SMILES string of the molecule is CCOC(C#CC(O)CC(C)O)OCC. The lowest BCUT2D eigenvalue weighted by atomic mass is 10.2. The average Bonchev–Trinajstić information content (AvgIpc) is 2.14. The van der Waals surface area contributed by atoms with Gasteiger partial charge in [0.05, 0.1) is 6.10 Å². The van der Waals surface area contributed by atoms with Gasteiger partial charge in [-0.1, -0.05) is 5.92 Å². The highest BCUT2D eigenvalue weighted by atomic mass is 16.7. The fourth-order valence-corrected chi connectivity index (χ4v) is 0.980. The van der Waals surface area contributed by atoms with E-state index in [4.69, 9.17) is 14.6 Å². The highest BCUT2D eigenvalue weighted by Crippen LogP contribution is 1.97. The van der Waals surface area contributed by atoms with Crippen molar-refractivity contribution in [2.24, 2.45) is 0 Å². The van der Waals surface area contributed by atoms with Gasteiger partial charge in [-0.05, 0) is 26.7 Å². The molecule has 0 amide bonds. The van der Waals surface area contributed by atoms with Crippen LogP contribution in [0, 0.1) is 11.8 Å². The van der Waals surface area contributed by atoms with Gasteiger partial charge in [-0.2, -0.15) is 0 Å². The van der Waals surface area contributed by atoms with E-state index in [2.05, 4.69) is 11.8 Å². The summed E-state index contributed by atoms with van der Waals surface area (Å²) in [6.07, 6.45) is -1.76. The number of hydrogen-bond acceptors (Lipinski definition) is 4. The molecule has 0 spiro atoms. The molecule has 0 saturated carbocycles. The van der Waals surface area contributed by atoms with E-state index in [9.17, 15) is 5.11 Å². The van der Waals surface area contributed by atoms with E-state index in [-0.39, 0.29) is 6.42 Å². The van der Waals surface area contributed by atoms with Crippen LogP contribution in [0.1, 0.15) is 27.2 Å². The summed E-state index contributed by atoms with van der Waals surface area (Å²) >= 11 is 0. The van der Waals surface area contributed by atoms with Crippen molar-refractivity contribution in [1.82, 2.24) is 0 Å². The van der Waals surface area contributed by atoms with Gasteiger partial charge in [-0.3, -0.25) is 0 Å². The summed E-state index contributed by atoms with van der Waals surface area (Å²) in [6, 6.07) is 0. The second-order valence-corrected chi connectivity index (χ2v) is 3.13. The standard InChI is InChI=1S/C11H20O4/c1-4-14-11(15-5-2)7-6-10(13)8-9(3)12/h9-13H,4-5,8H2,1-3H3. The molecule has 0 heterocycles. The third kappa shape index (κ3) is 8.40. The van der Waals surface area contributed by atoms with Gasteiger partial charge in [0.2, 0.25) is 6.29 Å². The zero-order chi connectivity index (χ0) is 11.7. The lowest BCUT2D eigenvalue weighted by molar-refractivity contribution is -0.0972. The van der Waals surface area contributed by atoms with Crippen LogP contribution in [0.25, 0.3) is 0 Å². The molecule has 0 aromatic carbocycles. The van der Waals surface area contributed by atoms with Crippen LogP contribution in [-0.2, 0) is 9.47 Å². The van der Waals surface area contributed by atoms with Crippen molar-refractivity contribution in [2.75, 3.05) is 13.2 Å². The Morgan fingerprint density at radius 2 is 1.60 bits per heavy atom. The van der Waals surface area contributed by atoms with E-state index in [1.54, 1.807) is 6.92 Å². The van der Waals surface area contributed by atoms with Crippen LogP contribution < -0.4 is 0 Å². The van der Waals surface area contributed by atoms with Gasteiger partial charge in [0.1, 0.15) is 6.10 Å². The fourth-order valence-electron chi connectivity index (χ4n) is 0.980. The minimum atomic E-state index is -0.839. The molecule has 0 aliphatic rings. The van der Waals surface area contributed by atoms with Crippen LogP contribution in [0.5, 0.6) is 0 Å². The molecule has 0 fully saturated rings. The molecule has 0 aromatic rings. The monoisotopic (exact) mass is 216 g/mol. The normalized spacial score (nSPS) is 14.5. The molecule has 0 aromatic heterocycles. The maximum absolute atomic E-state index is 9.36. The number of ether oxygens (including phenoxy) is 2. The van der Waals surface area contributed by atoms with Gasteiger partial charge < -0.3 is 19.7 Å². The second-order valence-electron chi connectivity index (χ2n) is 3.13. The molecular weight excluding hydrogens is 196 g/mol. The zero-order valence-electron chi connectivity index (χ0n) is 9.56. The minimum absolute atomic E-state index is 0.234. The summed E-state index contributed by atoms with van der Waals surface area (Å²) in [6.45, 7) is 6.31. The Labute approximate surface area is 91.2 Å². The number of rotatable bonds is 6. The summed E-state index contributed by atoms with van der Waals surface area (Å²) in [7, 11) is 0. The Balaban J connectivity index is 4.06. The van der Waals surface area contributed by atoms with E-state index in [0.717, 1.165) is 0 Å². The van der Waals surface area contributed by atoms with Gasteiger partial charge in [-0.15, -0.1) is 0 Å². The molecule has 0 saturated heterocycles. The molecule has 0 radical (unpaired) electrons. The van der Waals surface area contributed by atoms with E-state index in [1.807, 2.05) is 13.8 Å². The summed E-state index contributed by atoms with van der Waals surface area (Å²) in [5, 5.41) is 18.4. The molecule has 2 unspecified atom stereocenters. The van der Waals surface area contributed by atoms with E-state index in [1.165, 1.54) is 0 Å². The molecule has 0 aliphatic heterocycles. The number of hydrogen-bond donors (Lipinski definition) is 2. The van der Waals surface area contributed by atoms with Gasteiger partial charge in [0.25, 0.3) is 0 Å². The van der Waals surface area contributed by atoms with Crippen LogP contribution in [0.15, 0.2) is 0 Å². The van der Waals surface area contributed by atoms with Crippen molar-refractivity contribution in [3.8, 4) is 11.8 Å². The van der Waals surface area contributed by atoms with Gasteiger partial charge in [0, 0.05) is 19.6 Å². The van der Waals surface area contributed by atoms with Crippen LogP contribution in [0.3, 0.4) is 0 Å². The second kappa shape index (κ2) is 8.69. The van der Waals surface area contributed by atoms with E-state index >= 15 is 0 Å². The average molecular weight is 216 g/mol. The van der Waals surface area contributed by atoms with Gasteiger partial charge in [-0.25, -0.2) is 0 Å². The maximum Gasteiger partial charge on any atom is 0.222 e. The summed E-state index contributed by atoms with van der Waals surface area (Å²) < 4.78 is 10.3. The highest BCUT2D eigenvalue weighted by molar-refractivity contribution is 5.07. The molecule has 0 rings (SSSR count). The molecule has 4 nitrogen and oxygen atoms in total. The van der Waals surface area contributed by atoms with Crippen molar-refractivity contribution < 1.29 is 19.7 Å². The molecule has 88 valence electrons.